The fourth-order valence-corrected chi connectivity index (χ4v) is 2.99. The van der Waals surface area contributed by atoms with Gasteiger partial charge in [0.2, 0.25) is 0 Å². The zero-order valence-electron chi connectivity index (χ0n) is 19.0. The van der Waals surface area contributed by atoms with Gasteiger partial charge in [0.25, 0.3) is 5.91 Å². The number of rotatable bonds is 8. The van der Waals surface area contributed by atoms with Gasteiger partial charge in [-0.2, -0.15) is 5.10 Å². The van der Waals surface area contributed by atoms with Crippen LogP contribution in [0.25, 0.3) is 0 Å². The lowest BCUT2D eigenvalue weighted by Gasteiger charge is -2.11. The summed E-state index contributed by atoms with van der Waals surface area (Å²) >= 11 is 5.83. The van der Waals surface area contributed by atoms with Gasteiger partial charge in [-0.15, -0.1) is 0 Å². The number of carbonyl (C=O) groups is 3. The van der Waals surface area contributed by atoms with Crippen molar-refractivity contribution in [1.82, 2.24) is 5.43 Å². The van der Waals surface area contributed by atoms with E-state index in [0.717, 1.165) is 5.56 Å². The number of ether oxygens (including phenoxy) is 2. The van der Waals surface area contributed by atoms with Gasteiger partial charge in [-0.3, -0.25) is 14.4 Å². The average Bonchev–Trinajstić information content (AvgIpc) is 2.85. The Bertz CT molecular complexity index is 1240. The predicted molar refractivity (Wildman–Crippen MR) is 134 cm³/mol. The van der Waals surface area contributed by atoms with Gasteiger partial charge >= 0.3 is 11.8 Å². The van der Waals surface area contributed by atoms with Crippen LogP contribution >= 0.6 is 11.6 Å². The van der Waals surface area contributed by atoms with Gasteiger partial charge < -0.3 is 20.1 Å². The fourth-order valence-electron chi connectivity index (χ4n) is 2.87. The first-order valence-corrected chi connectivity index (χ1v) is 10.8. The maximum atomic E-state index is 12.1. The Kier molecular flexibility index (Phi) is 8.80. The van der Waals surface area contributed by atoms with Crippen molar-refractivity contribution in [3.05, 3.63) is 82.9 Å². The third-order valence-electron chi connectivity index (χ3n) is 4.65. The number of nitrogens with one attached hydrogen (secondary N) is 3. The van der Waals surface area contributed by atoms with E-state index >= 15 is 0 Å². The van der Waals surface area contributed by atoms with Gasteiger partial charge in [-0.1, -0.05) is 29.8 Å². The van der Waals surface area contributed by atoms with Crippen LogP contribution in [-0.2, 0) is 14.4 Å². The molecule has 0 radical (unpaired) electrons. The molecule has 3 N–H and O–H groups in total. The van der Waals surface area contributed by atoms with Crippen molar-refractivity contribution in [2.75, 3.05) is 24.4 Å². The molecule has 3 aromatic rings. The molecular formula is C25H23ClN4O5. The first-order valence-electron chi connectivity index (χ1n) is 10.4. The normalized spacial score (nSPS) is 10.5. The quantitative estimate of drug-likeness (QED) is 0.250. The minimum absolute atomic E-state index is 0.238. The van der Waals surface area contributed by atoms with E-state index in [2.05, 4.69) is 21.2 Å². The first kappa shape index (κ1) is 25.3. The van der Waals surface area contributed by atoms with Crippen molar-refractivity contribution in [1.29, 1.82) is 0 Å². The summed E-state index contributed by atoms with van der Waals surface area (Å²) in [6.07, 6.45) is 1.35. The van der Waals surface area contributed by atoms with Crippen molar-refractivity contribution < 1.29 is 23.9 Å². The van der Waals surface area contributed by atoms with Gasteiger partial charge in [0.1, 0.15) is 0 Å². The highest BCUT2D eigenvalue weighted by atomic mass is 35.5. The van der Waals surface area contributed by atoms with E-state index in [9.17, 15) is 14.4 Å². The second kappa shape index (κ2) is 12.2. The molecule has 0 aliphatic rings. The highest BCUT2D eigenvalue weighted by molar-refractivity contribution is 6.39. The molecule has 0 bridgehead atoms. The van der Waals surface area contributed by atoms with Crippen molar-refractivity contribution in [2.24, 2.45) is 5.10 Å². The Morgan fingerprint density at radius 2 is 1.69 bits per heavy atom. The molecule has 0 fully saturated rings. The third-order valence-corrected chi connectivity index (χ3v) is 4.91. The van der Waals surface area contributed by atoms with Gasteiger partial charge in [0.05, 0.1) is 13.3 Å². The molecule has 180 valence electrons. The van der Waals surface area contributed by atoms with Gasteiger partial charge in [0, 0.05) is 16.4 Å². The number of carbonyl (C=O) groups excluding carboxylic acids is 3. The van der Waals surface area contributed by atoms with E-state index < -0.39 is 11.8 Å². The molecular weight excluding hydrogens is 472 g/mol. The maximum absolute atomic E-state index is 12.1. The lowest BCUT2D eigenvalue weighted by atomic mass is 10.2. The van der Waals surface area contributed by atoms with E-state index in [0.29, 0.717) is 33.5 Å². The number of aryl methyl sites for hydroxylation is 1. The number of hydrazone groups is 1. The van der Waals surface area contributed by atoms with E-state index in [-0.39, 0.29) is 12.5 Å². The van der Waals surface area contributed by atoms with Crippen LogP contribution in [0.15, 0.2) is 71.8 Å². The SMILES string of the molecule is COc1cc(/C=N\NC(=O)C(=O)Nc2ccccc2C)ccc1OCC(=O)Nc1ccc(Cl)cc1. The van der Waals surface area contributed by atoms with E-state index in [4.69, 9.17) is 21.1 Å². The van der Waals surface area contributed by atoms with Crippen molar-refractivity contribution in [3.63, 3.8) is 0 Å². The molecule has 35 heavy (non-hydrogen) atoms. The first-order chi connectivity index (χ1) is 16.9. The summed E-state index contributed by atoms with van der Waals surface area (Å²) in [5.74, 6) is -1.40. The number of hydrogen-bond donors (Lipinski definition) is 3. The standard InChI is InChI=1S/C25H23ClN4O5/c1-16-5-3-4-6-20(16)29-24(32)25(33)30-27-14-17-7-12-21(22(13-17)34-2)35-15-23(31)28-19-10-8-18(26)9-11-19/h3-14H,15H2,1-2H3,(H,28,31)(H,29,32)(H,30,33)/b27-14-. The van der Waals surface area contributed by atoms with Crippen molar-refractivity contribution in [3.8, 4) is 11.5 Å². The molecule has 9 nitrogen and oxygen atoms in total. The molecule has 0 unspecified atom stereocenters. The van der Waals surface area contributed by atoms with E-state index in [1.165, 1.54) is 13.3 Å². The molecule has 0 aromatic heterocycles. The van der Waals surface area contributed by atoms with E-state index in [1.54, 1.807) is 54.6 Å². The Morgan fingerprint density at radius 3 is 2.40 bits per heavy atom. The van der Waals surface area contributed by atoms with Crippen LogP contribution in [0.4, 0.5) is 11.4 Å². The van der Waals surface area contributed by atoms with Crippen molar-refractivity contribution >= 4 is 46.9 Å². The highest BCUT2D eigenvalue weighted by Crippen LogP contribution is 2.27. The van der Waals surface area contributed by atoms with Crippen LogP contribution in [0.5, 0.6) is 11.5 Å². The minimum atomic E-state index is -0.914. The minimum Gasteiger partial charge on any atom is -0.493 e. The van der Waals surface area contributed by atoms with Crippen LogP contribution in [0, 0.1) is 6.92 Å². The number of nitrogens with zero attached hydrogens (tertiary/aromatic N) is 1. The zero-order chi connectivity index (χ0) is 25.2. The van der Waals surface area contributed by atoms with Gasteiger partial charge in [-0.25, -0.2) is 5.43 Å². The summed E-state index contributed by atoms with van der Waals surface area (Å²) < 4.78 is 10.9. The molecule has 0 saturated heterocycles. The monoisotopic (exact) mass is 494 g/mol. The number of benzene rings is 3. The summed E-state index contributed by atoms with van der Waals surface area (Å²) in [6.45, 7) is 1.58. The molecule has 0 heterocycles. The molecule has 10 heteroatoms. The lowest BCUT2D eigenvalue weighted by Crippen LogP contribution is -2.32. The number of anilines is 2. The largest absolute Gasteiger partial charge is 0.493 e. The number of amides is 3. The van der Waals surface area contributed by atoms with Crippen LogP contribution in [0.2, 0.25) is 5.02 Å². The average molecular weight is 495 g/mol. The Morgan fingerprint density at radius 1 is 0.943 bits per heavy atom. The van der Waals surface area contributed by atoms with Crippen molar-refractivity contribution in [2.45, 2.75) is 6.92 Å². The van der Waals surface area contributed by atoms with Crippen LogP contribution < -0.4 is 25.5 Å². The summed E-state index contributed by atoms with van der Waals surface area (Å²) in [7, 11) is 1.45. The number of para-hydroxylation sites is 1. The predicted octanol–water partition coefficient (Wildman–Crippen LogP) is 3.76. The second-order valence-corrected chi connectivity index (χ2v) is 7.66. The highest BCUT2D eigenvalue weighted by Gasteiger charge is 2.14. The summed E-state index contributed by atoms with van der Waals surface area (Å²) in [5.41, 5.74) is 4.71. The number of halogens is 1. The van der Waals surface area contributed by atoms with E-state index in [1.807, 2.05) is 19.1 Å². The number of hydrogen-bond acceptors (Lipinski definition) is 6. The smallest absolute Gasteiger partial charge is 0.329 e. The fraction of sp³-hybridized carbons (Fsp3) is 0.120. The molecule has 0 aliphatic carbocycles. The Labute approximate surface area is 207 Å². The molecule has 0 spiro atoms. The second-order valence-electron chi connectivity index (χ2n) is 7.22. The lowest BCUT2D eigenvalue weighted by molar-refractivity contribution is -0.136. The Hall–Kier alpha value is -4.37. The molecule has 3 aromatic carbocycles. The van der Waals surface area contributed by atoms with Crippen LogP contribution in [0.3, 0.4) is 0 Å². The van der Waals surface area contributed by atoms with Gasteiger partial charge in [-0.05, 0) is 66.6 Å². The molecule has 0 aliphatic heterocycles. The molecule has 3 rings (SSSR count). The van der Waals surface area contributed by atoms with Crippen LogP contribution in [-0.4, -0.2) is 37.7 Å². The topological polar surface area (TPSA) is 118 Å². The molecule has 0 saturated carbocycles. The summed E-state index contributed by atoms with van der Waals surface area (Å²) in [5, 5.41) is 9.59. The van der Waals surface area contributed by atoms with Crippen LogP contribution in [0.1, 0.15) is 11.1 Å². The maximum Gasteiger partial charge on any atom is 0.329 e. The summed E-state index contributed by atoms with van der Waals surface area (Å²) in [6, 6.07) is 18.7. The molecule has 3 amide bonds. The molecule has 0 atom stereocenters. The Balaban J connectivity index is 1.52. The third kappa shape index (κ3) is 7.58. The van der Waals surface area contributed by atoms with Gasteiger partial charge in [0.15, 0.2) is 18.1 Å². The number of methoxy groups -OCH3 is 1. The summed E-state index contributed by atoms with van der Waals surface area (Å²) in [4.78, 5) is 36.2. The zero-order valence-corrected chi connectivity index (χ0v) is 19.8.